The Morgan fingerprint density at radius 1 is 1.12 bits per heavy atom. The molecule has 162 valence electrons. The maximum Gasteiger partial charge on any atom is 0.271 e. The van der Waals surface area contributed by atoms with Gasteiger partial charge in [-0.2, -0.15) is 5.10 Å². The number of nitrogens with zero attached hydrogens (tertiary/aromatic N) is 2. The Hall–Kier alpha value is -3.16. The third-order valence-corrected chi connectivity index (χ3v) is 6.57. The highest BCUT2D eigenvalue weighted by Gasteiger charge is 2.32. The summed E-state index contributed by atoms with van der Waals surface area (Å²) in [6.45, 7) is 0.535. The number of nitrogens with one attached hydrogen (secondary N) is 1. The van der Waals surface area contributed by atoms with Gasteiger partial charge in [-0.15, -0.1) is 11.8 Å². The molecule has 5 nitrogen and oxygen atoms in total. The second-order valence-electron chi connectivity index (χ2n) is 7.13. The predicted molar refractivity (Wildman–Crippen MR) is 125 cm³/mol. The number of carbonyl (C=O) groups is 2. The Morgan fingerprint density at radius 3 is 2.59 bits per heavy atom. The van der Waals surface area contributed by atoms with E-state index in [-0.39, 0.29) is 21.9 Å². The first-order valence-corrected chi connectivity index (χ1v) is 11.3. The van der Waals surface area contributed by atoms with Crippen molar-refractivity contribution in [3.63, 3.8) is 0 Å². The van der Waals surface area contributed by atoms with Crippen molar-refractivity contribution in [1.29, 1.82) is 0 Å². The molecule has 0 aromatic heterocycles. The van der Waals surface area contributed by atoms with Crippen LogP contribution in [0.5, 0.6) is 0 Å². The Morgan fingerprint density at radius 2 is 1.88 bits per heavy atom. The largest absolute Gasteiger partial charge is 0.322 e. The Kier molecular flexibility index (Phi) is 6.87. The molecule has 32 heavy (non-hydrogen) atoms. The van der Waals surface area contributed by atoms with Crippen molar-refractivity contribution >= 4 is 41.4 Å². The van der Waals surface area contributed by atoms with Gasteiger partial charge in [0.05, 0.1) is 17.0 Å². The number of amides is 2. The molecule has 1 atom stereocenters. The van der Waals surface area contributed by atoms with E-state index in [4.69, 9.17) is 11.6 Å². The lowest BCUT2D eigenvalue weighted by molar-refractivity contribution is -0.128. The summed E-state index contributed by atoms with van der Waals surface area (Å²) >= 11 is 7.50. The van der Waals surface area contributed by atoms with Crippen molar-refractivity contribution in [2.45, 2.75) is 11.9 Å². The highest BCUT2D eigenvalue weighted by atomic mass is 35.5. The van der Waals surface area contributed by atoms with Crippen LogP contribution in [0.3, 0.4) is 0 Å². The first-order chi connectivity index (χ1) is 15.5. The second-order valence-corrected chi connectivity index (χ2v) is 8.60. The van der Waals surface area contributed by atoms with Gasteiger partial charge in [0, 0.05) is 17.7 Å². The van der Waals surface area contributed by atoms with Crippen LogP contribution in [-0.2, 0) is 11.3 Å². The summed E-state index contributed by atoms with van der Waals surface area (Å²) < 4.78 is 13.8. The molecule has 1 heterocycles. The number of benzene rings is 3. The molecular formula is C24H19ClFN3O2S. The first-order valence-electron chi connectivity index (χ1n) is 9.85. The van der Waals surface area contributed by atoms with Crippen molar-refractivity contribution in [2.75, 3.05) is 5.75 Å². The van der Waals surface area contributed by atoms with E-state index in [2.05, 4.69) is 10.5 Å². The molecular weight excluding hydrogens is 449 g/mol. The number of hydrazone groups is 1. The predicted octanol–water partition coefficient (Wildman–Crippen LogP) is 5.02. The monoisotopic (exact) mass is 467 g/mol. The zero-order chi connectivity index (χ0) is 22.5. The van der Waals surface area contributed by atoms with Crippen LogP contribution in [-0.4, -0.2) is 28.7 Å². The molecule has 8 heteroatoms. The van der Waals surface area contributed by atoms with E-state index in [0.717, 1.165) is 11.1 Å². The number of hydrogen-bond donors (Lipinski definition) is 1. The first kappa shape index (κ1) is 22.0. The highest BCUT2D eigenvalue weighted by Crippen LogP contribution is 2.39. The van der Waals surface area contributed by atoms with Gasteiger partial charge in [-0.1, -0.05) is 60.1 Å². The van der Waals surface area contributed by atoms with Gasteiger partial charge in [-0.05, 0) is 35.4 Å². The Balaban J connectivity index is 1.42. The molecule has 4 rings (SSSR count). The van der Waals surface area contributed by atoms with E-state index < -0.39 is 11.7 Å². The zero-order valence-electron chi connectivity index (χ0n) is 16.9. The molecule has 3 aromatic carbocycles. The number of rotatable bonds is 6. The molecule has 1 N–H and O–H groups in total. The molecule has 3 aromatic rings. The molecule has 0 radical (unpaired) electrons. The van der Waals surface area contributed by atoms with Gasteiger partial charge in [0.25, 0.3) is 5.91 Å². The minimum absolute atomic E-state index is 0.0896. The summed E-state index contributed by atoms with van der Waals surface area (Å²) in [6.07, 6.45) is 1.17. The molecule has 0 aliphatic carbocycles. The van der Waals surface area contributed by atoms with Gasteiger partial charge in [0.1, 0.15) is 11.2 Å². The van der Waals surface area contributed by atoms with Gasteiger partial charge in [-0.3, -0.25) is 9.59 Å². The quantitative estimate of drug-likeness (QED) is 0.409. The standard InChI is InChI=1S/C24H19ClFN3O2S/c25-20-7-4-8-21(26)19(20)13-27-28-23(31)17-9-11-18(12-10-17)24-29(22(30)15-32-24)14-16-5-2-1-3-6-16/h1-13,24H,14-15H2,(H,28,31)/b27-13+. The van der Waals surface area contributed by atoms with Gasteiger partial charge >= 0.3 is 0 Å². The van der Waals surface area contributed by atoms with E-state index in [1.165, 1.54) is 18.3 Å². The fraction of sp³-hybridized carbons (Fsp3) is 0.125. The van der Waals surface area contributed by atoms with Crippen LogP contribution in [0.2, 0.25) is 5.02 Å². The van der Waals surface area contributed by atoms with Crippen LogP contribution < -0.4 is 5.43 Å². The lowest BCUT2D eigenvalue weighted by Crippen LogP contribution is -2.27. The van der Waals surface area contributed by atoms with Gasteiger partial charge in [0.2, 0.25) is 5.91 Å². The third kappa shape index (κ3) is 5.00. The SMILES string of the molecule is O=C(N/N=C/c1c(F)cccc1Cl)c1ccc(C2SCC(=O)N2Cc2ccccc2)cc1. The molecule has 1 saturated heterocycles. The number of halogens is 2. The molecule has 1 aliphatic heterocycles. The molecule has 2 amide bonds. The highest BCUT2D eigenvalue weighted by molar-refractivity contribution is 8.00. The summed E-state index contributed by atoms with van der Waals surface area (Å²) in [6, 6.07) is 21.2. The Bertz CT molecular complexity index is 1140. The van der Waals surface area contributed by atoms with E-state index in [1.54, 1.807) is 30.0 Å². The van der Waals surface area contributed by atoms with E-state index in [0.29, 0.717) is 17.9 Å². The molecule has 0 saturated carbocycles. The van der Waals surface area contributed by atoms with Crippen LogP contribution in [0, 0.1) is 5.82 Å². The lowest BCUT2D eigenvalue weighted by Gasteiger charge is -2.24. The maximum absolute atomic E-state index is 13.8. The summed E-state index contributed by atoms with van der Waals surface area (Å²) in [4.78, 5) is 26.6. The van der Waals surface area contributed by atoms with Gasteiger partial charge < -0.3 is 4.90 Å². The van der Waals surface area contributed by atoms with E-state index >= 15 is 0 Å². The number of thioether (sulfide) groups is 1. The Labute approximate surface area is 194 Å². The number of carbonyl (C=O) groups excluding carboxylic acids is 2. The van der Waals surface area contributed by atoms with Crippen LogP contribution in [0.15, 0.2) is 77.9 Å². The van der Waals surface area contributed by atoms with Gasteiger partial charge in [0.15, 0.2) is 0 Å². The van der Waals surface area contributed by atoms with Crippen molar-refractivity contribution in [3.8, 4) is 0 Å². The average Bonchev–Trinajstić information content (AvgIpc) is 3.16. The van der Waals surface area contributed by atoms with Crippen LogP contribution >= 0.6 is 23.4 Å². The molecule has 1 unspecified atom stereocenters. The second kappa shape index (κ2) is 9.97. The topological polar surface area (TPSA) is 61.8 Å². The maximum atomic E-state index is 13.8. The smallest absolute Gasteiger partial charge is 0.271 e. The lowest BCUT2D eigenvalue weighted by atomic mass is 10.1. The van der Waals surface area contributed by atoms with Crippen molar-refractivity contribution < 1.29 is 14.0 Å². The third-order valence-electron chi connectivity index (χ3n) is 4.98. The fourth-order valence-electron chi connectivity index (χ4n) is 3.33. The summed E-state index contributed by atoms with van der Waals surface area (Å²) in [7, 11) is 0. The average molecular weight is 468 g/mol. The molecule has 0 bridgehead atoms. The van der Waals surface area contributed by atoms with Crippen LogP contribution in [0.25, 0.3) is 0 Å². The van der Waals surface area contributed by atoms with Crippen LogP contribution in [0.4, 0.5) is 4.39 Å². The summed E-state index contributed by atoms with van der Waals surface area (Å²) in [5, 5.41) is 3.90. The van der Waals surface area contributed by atoms with Crippen LogP contribution in [0.1, 0.15) is 32.4 Å². The normalized spacial score (nSPS) is 16.0. The summed E-state index contributed by atoms with van der Waals surface area (Å²) in [5.74, 6) is -0.445. The zero-order valence-corrected chi connectivity index (χ0v) is 18.4. The summed E-state index contributed by atoms with van der Waals surface area (Å²) in [5.41, 5.74) is 4.88. The van der Waals surface area contributed by atoms with Gasteiger partial charge in [-0.25, -0.2) is 9.82 Å². The molecule has 1 aliphatic rings. The van der Waals surface area contributed by atoms with Crippen molar-refractivity contribution in [3.05, 3.63) is 106 Å². The van der Waals surface area contributed by atoms with Crippen molar-refractivity contribution in [1.82, 2.24) is 10.3 Å². The minimum Gasteiger partial charge on any atom is -0.322 e. The fourth-order valence-corrected chi connectivity index (χ4v) is 4.73. The number of hydrogen-bond acceptors (Lipinski definition) is 4. The van der Waals surface area contributed by atoms with E-state index in [9.17, 15) is 14.0 Å². The minimum atomic E-state index is -0.525. The van der Waals surface area contributed by atoms with Crippen molar-refractivity contribution in [2.24, 2.45) is 5.10 Å². The molecule has 0 spiro atoms. The van der Waals surface area contributed by atoms with E-state index in [1.807, 2.05) is 47.4 Å². The molecule has 1 fully saturated rings.